The van der Waals surface area contributed by atoms with Crippen LogP contribution in [0.4, 0.5) is 5.00 Å². The Labute approximate surface area is 94.8 Å². The Kier molecular flexibility index (Phi) is 4.34. The smallest absolute Gasteiger partial charge is 0.288 e. The first-order valence-corrected chi connectivity index (χ1v) is 5.76. The topological polar surface area (TPSA) is 60.2 Å². The summed E-state index contributed by atoms with van der Waals surface area (Å²) in [6.07, 6.45) is 0. The molecule has 78 valence electrons. The second-order valence-electron chi connectivity index (χ2n) is 2.48. The summed E-state index contributed by atoms with van der Waals surface area (Å²) in [5.74, 6) is 5.95. The van der Waals surface area contributed by atoms with E-state index in [4.69, 9.17) is 0 Å². The standard InChI is InChI=1S/C9H7NO3S2/c1-7(11)14-6-2-3-8-4-5-9(15-8)10(12)13/h4-5H,6H2,1H3. The number of thioether (sulfide) groups is 1. The summed E-state index contributed by atoms with van der Waals surface area (Å²) in [7, 11) is 0. The van der Waals surface area contributed by atoms with Crippen LogP contribution in [-0.2, 0) is 4.79 Å². The maximum Gasteiger partial charge on any atom is 0.325 e. The third-order valence-electron chi connectivity index (χ3n) is 1.33. The van der Waals surface area contributed by atoms with E-state index in [-0.39, 0.29) is 10.1 Å². The van der Waals surface area contributed by atoms with E-state index in [0.717, 1.165) is 23.1 Å². The van der Waals surface area contributed by atoms with Gasteiger partial charge < -0.3 is 0 Å². The molecule has 0 aliphatic rings. The first-order chi connectivity index (χ1) is 7.09. The lowest BCUT2D eigenvalue weighted by molar-refractivity contribution is -0.380. The van der Waals surface area contributed by atoms with Crippen LogP contribution >= 0.6 is 23.1 Å². The summed E-state index contributed by atoms with van der Waals surface area (Å²) in [4.78, 5) is 21.1. The fourth-order valence-corrected chi connectivity index (χ4v) is 1.80. The van der Waals surface area contributed by atoms with Gasteiger partial charge in [0, 0.05) is 13.0 Å². The van der Waals surface area contributed by atoms with Gasteiger partial charge in [0.25, 0.3) is 0 Å². The van der Waals surface area contributed by atoms with Gasteiger partial charge in [-0.15, -0.1) is 0 Å². The van der Waals surface area contributed by atoms with Gasteiger partial charge in [-0.2, -0.15) is 0 Å². The van der Waals surface area contributed by atoms with Crippen LogP contribution in [0.2, 0.25) is 0 Å². The van der Waals surface area contributed by atoms with Crippen LogP contribution in [0.1, 0.15) is 11.8 Å². The maximum atomic E-state index is 10.6. The van der Waals surface area contributed by atoms with Crippen molar-refractivity contribution in [2.75, 3.05) is 5.75 Å². The van der Waals surface area contributed by atoms with Crippen molar-refractivity contribution >= 4 is 33.2 Å². The SMILES string of the molecule is CC(=O)SCC#Cc1ccc([N+](=O)[O-])s1. The van der Waals surface area contributed by atoms with Crippen LogP contribution in [0, 0.1) is 22.0 Å². The number of nitrogens with zero attached hydrogens (tertiary/aromatic N) is 1. The van der Waals surface area contributed by atoms with Crippen LogP contribution in [-0.4, -0.2) is 15.8 Å². The van der Waals surface area contributed by atoms with Crippen molar-refractivity contribution in [1.29, 1.82) is 0 Å². The quantitative estimate of drug-likeness (QED) is 0.453. The Hall–Kier alpha value is -1.32. The van der Waals surface area contributed by atoms with Crippen molar-refractivity contribution in [3.8, 4) is 11.8 Å². The minimum atomic E-state index is -0.444. The van der Waals surface area contributed by atoms with E-state index in [0.29, 0.717) is 10.6 Å². The lowest BCUT2D eigenvalue weighted by Gasteiger charge is -1.83. The number of hydrogen-bond acceptors (Lipinski definition) is 5. The van der Waals surface area contributed by atoms with E-state index in [1.807, 2.05) is 0 Å². The third-order valence-corrected chi connectivity index (χ3v) is 2.98. The molecule has 1 aromatic heterocycles. The van der Waals surface area contributed by atoms with Crippen molar-refractivity contribution in [3.05, 3.63) is 27.1 Å². The molecule has 0 amide bonds. The lowest BCUT2D eigenvalue weighted by atomic mass is 10.4. The molecule has 0 spiro atoms. The van der Waals surface area contributed by atoms with Crippen LogP contribution in [0.5, 0.6) is 0 Å². The molecular formula is C9H7NO3S2. The van der Waals surface area contributed by atoms with Crippen LogP contribution < -0.4 is 0 Å². The van der Waals surface area contributed by atoms with E-state index in [2.05, 4.69) is 11.8 Å². The minimum absolute atomic E-state index is 0.0152. The Morgan fingerprint density at radius 3 is 2.93 bits per heavy atom. The number of carbonyl (C=O) groups is 1. The largest absolute Gasteiger partial charge is 0.325 e. The Morgan fingerprint density at radius 2 is 2.40 bits per heavy atom. The lowest BCUT2D eigenvalue weighted by Crippen LogP contribution is -1.81. The number of hydrogen-bond donors (Lipinski definition) is 0. The highest BCUT2D eigenvalue weighted by Crippen LogP contribution is 2.22. The molecule has 0 saturated heterocycles. The van der Waals surface area contributed by atoms with Crippen molar-refractivity contribution in [3.63, 3.8) is 0 Å². The van der Waals surface area contributed by atoms with Crippen molar-refractivity contribution in [2.24, 2.45) is 0 Å². The summed E-state index contributed by atoms with van der Waals surface area (Å²) >= 11 is 2.15. The van der Waals surface area contributed by atoms with E-state index < -0.39 is 4.92 Å². The highest BCUT2D eigenvalue weighted by Gasteiger charge is 2.07. The van der Waals surface area contributed by atoms with Gasteiger partial charge in [0.05, 0.1) is 15.6 Å². The maximum absolute atomic E-state index is 10.6. The average molecular weight is 241 g/mol. The summed E-state index contributed by atoms with van der Waals surface area (Å²) in [6.45, 7) is 1.47. The molecule has 0 aliphatic carbocycles. The molecule has 1 aromatic rings. The van der Waals surface area contributed by atoms with E-state index in [1.165, 1.54) is 13.0 Å². The molecule has 0 N–H and O–H groups in total. The first-order valence-electron chi connectivity index (χ1n) is 3.96. The third kappa shape index (κ3) is 4.14. The van der Waals surface area contributed by atoms with Gasteiger partial charge in [-0.1, -0.05) is 34.9 Å². The van der Waals surface area contributed by atoms with Gasteiger partial charge in [-0.05, 0) is 6.07 Å². The fourth-order valence-electron chi connectivity index (χ4n) is 0.754. The van der Waals surface area contributed by atoms with Crippen LogP contribution in [0.25, 0.3) is 0 Å². The molecule has 0 unspecified atom stereocenters. The number of thiophene rings is 1. The van der Waals surface area contributed by atoms with Gasteiger partial charge in [0.1, 0.15) is 0 Å². The normalized spacial score (nSPS) is 9.13. The zero-order valence-electron chi connectivity index (χ0n) is 7.85. The van der Waals surface area contributed by atoms with Gasteiger partial charge in [-0.3, -0.25) is 14.9 Å². The van der Waals surface area contributed by atoms with Gasteiger partial charge in [0.15, 0.2) is 5.12 Å². The van der Waals surface area contributed by atoms with Crippen LogP contribution in [0.15, 0.2) is 12.1 Å². The Balaban J connectivity index is 2.56. The van der Waals surface area contributed by atoms with E-state index in [1.54, 1.807) is 6.07 Å². The highest BCUT2D eigenvalue weighted by molar-refractivity contribution is 8.13. The summed E-state index contributed by atoms with van der Waals surface area (Å²) in [5.41, 5.74) is 0. The zero-order chi connectivity index (χ0) is 11.3. The molecule has 0 saturated carbocycles. The Morgan fingerprint density at radius 1 is 1.67 bits per heavy atom. The van der Waals surface area contributed by atoms with Gasteiger partial charge in [0.2, 0.25) is 0 Å². The second-order valence-corrected chi connectivity index (χ2v) is 4.69. The monoisotopic (exact) mass is 241 g/mol. The summed E-state index contributed by atoms with van der Waals surface area (Å²) < 4.78 is 0. The summed E-state index contributed by atoms with van der Waals surface area (Å²) in [5, 5.41) is 10.4. The predicted molar refractivity (Wildman–Crippen MR) is 61.0 cm³/mol. The molecular weight excluding hydrogens is 234 g/mol. The van der Waals surface area contributed by atoms with Crippen LogP contribution in [0.3, 0.4) is 0 Å². The molecule has 15 heavy (non-hydrogen) atoms. The molecule has 1 rings (SSSR count). The van der Waals surface area contributed by atoms with Crippen molar-refractivity contribution in [1.82, 2.24) is 0 Å². The van der Waals surface area contributed by atoms with Crippen molar-refractivity contribution in [2.45, 2.75) is 6.92 Å². The molecule has 0 radical (unpaired) electrons. The van der Waals surface area contributed by atoms with Gasteiger partial charge >= 0.3 is 5.00 Å². The molecule has 0 fully saturated rings. The summed E-state index contributed by atoms with van der Waals surface area (Å²) in [6, 6.07) is 3.03. The molecule has 4 nitrogen and oxygen atoms in total. The zero-order valence-corrected chi connectivity index (χ0v) is 9.48. The number of nitro groups is 1. The molecule has 0 bridgehead atoms. The van der Waals surface area contributed by atoms with Crippen molar-refractivity contribution < 1.29 is 9.72 Å². The second kappa shape index (κ2) is 5.53. The molecule has 0 aromatic carbocycles. The number of rotatable bonds is 2. The molecule has 0 atom stereocenters. The average Bonchev–Trinajstić information content (AvgIpc) is 2.60. The number of carbonyl (C=O) groups excluding carboxylic acids is 1. The van der Waals surface area contributed by atoms with E-state index >= 15 is 0 Å². The molecule has 1 heterocycles. The predicted octanol–water partition coefficient (Wildman–Crippen LogP) is 2.29. The molecule has 0 aliphatic heterocycles. The van der Waals surface area contributed by atoms with E-state index in [9.17, 15) is 14.9 Å². The molecule has 6 heteroatoms. The fraction of sp³-hybridized carbons (Fsp3) is 0.222. The first kappa shape index (κ1) is 11.8. The minimum Gasteiger partial charge on any atom is -0.288 e. The highest BCUT2D eigenvalue weighted by atomic mass is 32.2. The Bertz CT molecular complexity index is 442. The van der Waals surface area contributed by atoms with Gasteiger partial charge in [-0.25, -0.2) is 0 Å².